The van der Waals surface area contributed by atoms with Crippen LogP contribution in [0.3, 0.4) is 0 Å². The van der Waals surface area contributed by atoms with Gasteiger partial charge in [-0.1, -0.05) is 35.5 Å². The second-order valence-corrected chi connectivity index (χ2v) is 5.44. The molecule has 1 aliphatic heterocycles. The molecule has 1 heterocycles. The molecule has 2 atom stereocenters. The molecular weight excluding hydrogens is 252 g/mol. The van der Waals surface area contributed by atoms with Crippen LogP contribution < -0.4 is 11.1 Å². The molecule has 110 valence electrons. The van der Waals surface area contributed by atoms with E-state index in [4.69, 9.17) is 10.9 Å². The Bertz CT molecular complexity index is 435. The number of nitrogens with zero attached hydrogens (tertiary/aromatic N) is 2. The highest BCUT2D eigenvalue weighted by Crippen LogP contribution is 2.19. The van der Waals surface area contributed by atoms with Gasteiger partial charge in [-0.2, -0.15) is 0 Å². The Morgan fingerprint density at radius 2 is 2.25 bits per heavy atom. The molecule has 0 bridgehead atoms. The van der Waals surface area contributed by atoms with Crippen LogP contribution in [0.4, 0.5) is 0 Å². The van der Waals surface area contributed by atoms with E-state index in [1.165, 1.54) is 24.9 Å². The van der Waals surface area contributed by atoms with Crippen molar-refractivity contribution in [3.05, 3.63) is 35.9 Å². The molecule has 5 nitrogen and oxygen atoms in total. The normalized spacial score (nSPS) is 22.1. The van der Waals surface area contributed by atoms with E-state index in [1.54, 1.807) is 0 Å². The lowest BCUT2D eigenvalue weighted by atomic mass is 10.0. The second-order valence-electron chi connectivity index (χ2n) is 5.44. The zero-order valence-electron chi connectivity index (χ0n) is 12.0. The van der Waals surface area contributed by atoms with Crippen molar-refractivity contribution in [2.75, 3.05) is 20.1 Å². The van der Waals surface area contributed by atoms with Gasteiger partial charge in [0.2, 0.25) is 0 Å². The molecule has 0 aliphatic carbocycles. The van der Waals surface area contributed by atoms with Crippen molar-refractivity contribution in [2.45, 2.75) is 31.3 Å². The number of nitrogens with one attached hydrogen (secondary N) is 1. The summed E-state index contributed by atoms with van der Waals surface area (Å²) in [5, 5.41) is 15.4. The fourth-order valence-electron chi connectivity index (χ4n) is 2.76. The van der Waals surface area contributed by atoms with Crippen LogP contribution in [0, 0.1) is 0 Å². The number of likely N-dealkylation sites (N-methyl/N-ethyl adjacent to an activating group) is 1. The van der Waals surface area contributed by atoms with E-state index in [1.807, 2.05) is 18.2 Å². The van der Waals surface area contributed by atoms with Gasteiger partial charge in [-0.05, 0) is 32.0 Å². The summed E-state index contributed by atoms with van der Waals surface area (Å²) in [4.78, 5) is 2.39. The standard InChI is InChI=1S/C15H24N4O/c1-19-9-5-8-13(19)11-17-14(10-15(16)18-20)12-6-3-2-4-7-12/h2-4,6-7,13-14,17,20H,5,8-11H2,1H3,(H2,16,18). The van der Waals surface area contributed by atoms with Gasteiger partial charge in [0, 0.05) is 25.0 Å². The molecule has 2 rings (SSSR count). The van der Waals surface area contributed by atoms with Gasteiger partial charge in [-0.15, -0.1) is 0 Å². The zero-order valence-corrected chi connectivity index (χ0v) is 12.0. The van der Waals surface area contributed by atoms with Crippen LogP contribution in [0.1, 0.15) is 30.9 Å². The number of oxime groups is 1. The lowest BCUT2D eigenvalue weighted by Gasteiger charge is -2.24. The minimum absolute atomic E-state index is 0.0844. The van der Waals surface area contributed by atoms with E-state index >= 15 is 0 Å². The quantitative estimate of drug-likeness (QED) is 0.319. The summed E-state index contributed by atoms with van der Waals surface area (Å²) < 4.78 is 0. The monoisotopic (exact) mass is 276 g/mol. The number of nitrogens with two attached hydrogens (primary N) is 1. The second kappa shape index (κ2) is 7.26. The van der Waals surface area contributed by atoms with Gasteiger partial charge < -0.3 is 21.2 Å². The average Bonchev–Trinajstić information content (AvgIpc) is 2.89. The number of rotatable bonds is 6. The topological polar surface area (TPSA) is 73.9 Å². The summed E-state index contributed by atoms with van der Waals surface area (Å²) in [6, 6.07) is 10.8. The molecule has 20 heavy (non-hydrogen) atoms. The predicted octanol–water partition coefficient (Wildman–Crippen LogP) is 1.55. The minimum Gasteiger partial charge on any atom is -0.409 e. The van der Waals surface area contributed by atoms with Crippen molar-refractivity contribution in [3.63, 3.8) is 0 Å². The third-order valence-corrected chi connectivity index (χ3v) is 4.02. The van der Waals surface area contributed by atoms with Crippen molar-refractivity contribution >= 4 is 5.84 Å². The summed E-state index contributed by atoms with van der Waals surface area (Å²) in [5.74, 6) is 0.256. The predicted molar refractivity (Wildman–Crippen MR) is 80.9 cm³/mol. The Hall–Kier alpha value is -1.59. The van der Waals surface area contributed by atoms with Gasteiger partial charge in [0.1, 0.15) is 5.84 Å². The lowest BCUT2D eigenvalue weighted by molar-refractivity contribution is 0.290. The van der Waals surface area contributed by atoms with E-state index in [2.05, 4.69) is 34.6 Å². The Balaban J connectivity index is 1.99. The summed E-state index contributed by atoms with van der Waals surface area (Å²) in [6.45, 7) is 2.09. The number of amidine groups is 1. The first-order valence-electron chi connectivity index (χ1n) is 7.15. The first-order chi connectivity index (χ1) is 9.70. The van der Waals surface area contributed by atoms with Crippen molar-refractivity contribution < 1.29 is 5.21 Å². The molecule has 0 radical (unpaired) electrons. The van der Waals surface area contributed by atoms with Crippen molar-refractivity contribution in [2.24, 2.45) is 10.9 Å². The van der Waals surface area contributed by atoms with Gasteiger partial charge >= 0.3 is 0 Å². The molecule has 1 saturated heterocycles. The van der Waals surface area contributed by atoms with Gasteiger partial charge in [-0.25, -0.2) is 0 Å². The molecule has 0 saturated carbocycles. The maximum absolute atomic E-state index is 8.78. The van der Waals surface area contributed by atoms with Crippen LogP contribution in [0.25, 0.3) is 0 Å². The summed E-state index contributed by atoms with van der Waals surface area (Å²) in [5.41, 5.74) is 6.84. The smallest absolute Gasteiger partial charge is 0.141 e. The minimum atomic E-state index is 0.0844. The van der Waals surface area contributed by atoms with Gasteiger partial charge in [0.15, 0.2) is 0 Å². The number of hydrogen-bond acceptors (Lipinski definition) is 4. The lowest BCUT2D eigenvalue weighted by Crippen LogP contribution is -2.38. The SMILES string of the molecule is CN1CCCC1CNC(C/C(N)=N/O)c1ccccc1. The molecule has 1 fully saturated rings. The maximum Gasteiger partial charge on any atom is 0.141 e. The molecule has 5 heteroatoms. The molecule has 0 amide bonds. The molecule has 4 N–H and O–H groups in total. The highest BCUT2D eigenvalue weighted by molar-refractivity contribution is 5.80. The molecule has 0 aromatic heterocycles. The Morgan fingerprint density at radius 3 is 2.85 bits per heavy atom. The van der Waals surface area contributed by atoms with Crippen LogP contribution in [-0.2, 0) is 0 Å². The Kier molecular flexibility index (Phi) is 5.38. The molecule has 1 aromatic carbocycles. The van der Waals surface area contributed by atoms with Crippen molar-refractivity contribution in [1.82, 2.24) is 10.2 Å². The largest absolute Gasteiger partial charge is 0.409 e. The van der Waals surface area contributed by atoms with Crippen LogP contribution >= 0.6 is 0 Å². The highest BCUT2D eigenvalue weighted by Gasteiger charge is 2.22. The Morgan fingerprint density at radius 1 is 1.50 bits per heavy atom. The average molecular weight is 276 g/mol. The number of hydrogen-bond donors (Lipinski definition) is 3. The maximum atomic E-state index is 8.78. The summed E-state index contributed by atoms with van der Waals surface area (Å²) in [6.07, 6.45) is 3.00. The van der Waals surface area contributed by atoms with E-state index < -0.39 is 0 Å². The first kappa shape index (κ1) is 14.8. The molecule has 2 unspecified atom stereocenters. The van der Waals surface area contributed by atoms with Gasteiger partial charge in [0.05, 0.1) is 0 Å². The fourth-order valence-corrected chi connectivity index (χ4v) is 2.76. The van der Waals surface area contributed by atoms with Crippen LogP contribution in [-0.4, -0.2) is 42.1 Å². The van der Waals surface area contributed by atoms with Gasteiger partial charge in [-0.3, -0.25) is 0 Å². The third kappa shape index (κ3) is 3.95. The van der Waals surface area contributed by atoms with E-state index in [0.717, 1.165) is 6.54 Å². The molecular formula is C15H24N4O. The van der Waals surface area contributed by atoms with Crippen LogP contribution in [0.15, 0.2) is 35.5 Å². The first-order valence-corrected chi connectivity index (χ1v) is 7.15. The molecule has 1 aliphatic rings. The van der Waals surface area contributed by atoms with E-state index in [-0.39, 0.29) is 11.9 Å². The molecule has 1 aromatic rings. The summed E-state index contributed by atoms with van der Waals surface area (Å²) in [7, 11) is 2.17. The fraction of sp³-hybridized carbons (Fsp3) is 0.533. The number of likely N-dealkylation sites (tertiary alicyclic amines) is 1. The zero-order chi connectivity index (χ0) is 14.4. The van der Waals surface area contributed by atoms with Crippen LogP contribution in [0.2, 0.25) is 0 Å². The van der Waals surface area contributed by atoms with Crippen molar-refractivity contribution in [1.29, 1.82) is 0 Å². The number of benzene rings is 1. The Labute approximate surface area is 120 Å². The van der Waals surface area contributed by atoms with Crippen molar-refractivity contribution in [3.8, 4) is 0 Å². The molecule has 0 spiro atoms. The third-order valence-electron chi connectivity index (χ3n) is 4.02. The van der Waals surface area contributed by atoms with Crippen LogP contribution in [0.5, 0.6) is 0 Å². The van der Waals surface area contributed by atoms with E-state index in [0.29, 0.717) is 12.5 Å². The highest BCUT2D eigenvalue weighted by atomic mass is 16.4. The van der Waals surface area contributed by atoms with Gasteiger partial charge in [0.25, 0.3) is 0 Å². The summed E-state index contributed by atoms with van der Waals surface area (Å²) >= 11 is 0. The van der Waals surface area contributed by atoms with E-state index in [9.17, 15) is 0 Å².